The van der Waals surface area contributed by atoms with Crippen molar-refractivity contribution in [1.82, 2.24) is 4.90 Å². The van der Waals surface area contributed by atoms with Crippen LogP contribution >= 0.6 is 0 Å². The molecule has 1 aromatic rings. The molecule has 1 aliphatic heterocycles. The Balaban J connectivity index is 1.56. The summed E-state index contributed by atoms with van der Waals surface area (Å²) in [7, 11) is -2.82. The van der Waals surface area contributed by atoms with Crippen LogP contribution in [0.15, 0.2) is 28.6 Å². The highest BCUT2D eigenvalue weighted by atomic mass is 32.2. The van der Waals surface area contributed by atoms with Crippen LogP contribution in [0.25, 0.3) is 0 Å². The molecule has 3 rings (SSSR count). The monoisotopic (exact) mass is 444 g/mol. The lowest BCUT2D eigenvalue weighted by molar-refractivity contribution is -0.118. The number of piperidine rings is 1. The maximum atomic E-state index is 13.3. The number of amides is 2. The van der Waals surface area contributed by atoms with Crippen molar-refractivity contribution >= 4 is 21.5 Å². The minimum absolute atomic E-state index is 0.0906. The van der Waals surface area contributed by atoms with Gasteiger partial charge in [-0.05, 0) is 42.9 Å². The second-order valence-electron chi connectivity index (χ2n) is 8.34. The summed E-state index contributed by atoms with van der Waals surface area (Å²) in [6.45, 7) is 0.186. The van der Waals surface area contributed by atoms with Gasteiger partial charge < -0.3 is 4.90 Å². The average Bonchev–Trinajstić information content (AvgIpc) is 3.05. The molecule has 2 fully saturated rings. The molecule has 1 heterocycles. The van der Waals surface area contributed by atoms with E-state index in [1.165, 1.54) is 6.26 Å². The second-order valence-corrected chi connectivity index (χ2v) is 10.9. The van der Waals surface area contributed by atoms with E-state index >= 15 is 0 Å². The van der Waals surface area contributed by atoms with Gasteiger partial charge in [-0.2, -0.15) is 4.36 Å². The lowest BCUT2D eigenvalue weighted by atomic mass is 10.0. The SMILES string of the molecule is CS(=O)(=NC(=O)CC1CCC(F)(F)C1)C1CCN(C(=O)c2ccc(CF)cc2)CC1. The van der Waals surface area contributed by atoms with Crippen LogP contribution in [0.1, 0.15) is 54.4 Å². The van der Waals surface area contributed by atoms with E-state index in [1.807, 2.05) is 0 Å². The Hall–Kier alpha value is -1.90. The summed E-state index contributed by atoms with van der Waals surface area (Å²) >= 11 is 0. The van der Waals surface area contributed by atoms with E-state index in [2.05, 4.69) is 4.36 Å². The van der Waals surface area contributed by atoms with Crippen LogP contribution in [0.2, 0.25) is 0 Å². The fourth-order valence-corrected chi connectivity index (χ4v) is 5.91. The van der Waals surface area contributed by atoms with Crippen LogP contribution in [0.3, 0.4) is 0 Å². The largest absolute Gasteiger partial charge is 0.339 e. The lowest BCUT2D eigenvalue weighted by Crippen LogP contribution is -2.42. The van der Waals surface area contributed by atoms with Crippen LogP contribution in [-0.4, -0.2) is 51.4 Å². The molecule has 166 valence electrons. The molecule has 2 amide bonds. The number of hydrogen-bond acceptors (Lipinski definition) is 3. The van der Waals surface area contributed by atoms with Crippen molar-refractivity contribution in [3.63, 3.8) is 0 Å². The Kier molecular flexibility index (Phi) is 6.89. The number of likely N-dealkylation sites (tertiary alicyclic amines) is 1. The van der Waals surface area contributed by atoms with Gasteiger partial charge in [0.2, 0.25) is 5.92 Å². The molecule has 1 aliphatic carbocycles. The summed E-state index contributed by atoms with van der Waals surface area (Å²) in [6.07, 6.45) is 2.00. The summed E-state index contributed by atoms with van der Waals surface area (Å²) in [5.74, 6) is -3.87. The minimum Gasteiger partial charge on any atom is -0.339 e. The number of hydrogen-bond donors (Lipinski definition) is 0. The quantitative estimate of drug-likeness (QED) is 0.683. The van der Waals surface area contributed by atoms with Crippen molar-refractivity contribution in [1.29, 1.82) is 0 Å². The van der Waals surface area contributed by atoms with Gasteiger partial charge in [-0.1, -0.05) is 12.1 Å². The van der Waals surface area contributed by atoms with E-state index in [4.69, 9.17) is 0 Å². The molecule has 0 aromatic heterocycles. The molecule has 0 spiro atoms. The molecule has 1 saturated heterocycles. The van der Waals surface area contributed by atoms with Gasteiger partial charge >= 0.3 is 0 Å². The molecule has 30 heavy (non-hydrogen) atoms. The van der Waals surface area contributed by atoms with Gasteiger partial charge in [0, 0.05) is 49.4 Å². The van der Waals surface area contributed by atoms with Gasteiger partial charge in [0.05, 0.1) is 9.73 Å². The predicted octanol–water partition coefficient (Wildman–Crippen LogP) is 4.21. The highest BCUT2D eigenvalue weighted by Crippen LogP contribution is 2.40. The first kappa shape index (κ1) is 22.8. The van der Waals surface area contributed by atoms with Crippen molar-refractivity contribution in [3.8, 4) is 0 Å². The predicted molar refractivity (Wildman–Crippen MR) is 109 cm³/mol. The van der Waals surface area contributed by atoms with Crippen LogP contribution in [0.5, 0.6) is 0 Å². The van der Waals surface area contributed by atoms with E-state index in [0.717, 1.165) is 0 Å². The van der Waals surface area contributed by atoms with E-state index in [9.17, 15) is 27.0 Å². The number of carbonyl (C=O) groups is 2. The zero-order valence-corrected chi connectivity index (χ0v) is 17.8. The Morgan fingerprint density at radius 3 is 2.33 bits per heavy atom. The zero-order chi connectivity index (χ0) is 21.9. The highest BCUT2D eigenvalue weighted by Gasteiger charge is 2.40. The third-order valence-electron chi connectivity index (χ3n) is 5.95. The number of halogens is 3. The van der Waals surface area contributed by atoms with Gasteiger partial charge in [-0.25, -0.2) is 17.4 Å². The molecule has 0 radical (unpaired) electrons. The smallest absolute Gasteiger partial charge is 0.254 e. The first-order valence-electron chi connectivity index (χ1n) is 10.2. The molecule has 2 unspecified atom stereocenters. The molecule has 9 heteroatoms. The fourth-order valence-electron chi connectivity index (χ4n) is 4.19. The van der Waals surface area contributed by atoms with Gasteiger partial charge in [0.15, 0.2) is 0 Å². The Morgan fingerprint density at radius 2 is 1.80 bits per heavy atom. The molecule has 5 nitrogen and oxygen atoms in total. The number of alkyl halides is 3. The summed E-state index contributed by atoms with van der Waals surface area (Å²) < 4.78 is 56.1. The molecular weight excluding hydrogens is 417 g/mol. The lowest BCUT2D eigenvalue weighted by Gasteiger charge is -2.32. The second kappa shape index (κ2) is 9.08. The van der Waals surface area contributed by atoms with Crippen molar-refractivity contribution in [2.45, 2.75) is 56.4 Å². The Bertz CT molecular complexity index is 903. The molecule has 2 aliphatic rings. The van der Waals surface area contributed by atoms with E-state index in [-0.39, 0.29) is 36.8 Å². The first-order chi connectivity index (χ1) is 14.1. The normalized spacial score (nSPS) is 23.7. The number of benzene rings is 1. The molecule has 1 saturated carbocycles. The number of rotatable bonds is 5. The third-order valence-corrected chi connectivity index (χ3v) is 8.23. The van der Waals surface area contributed by atoms with E-state index in [0.29, 0.717) is 37.1 Å². The van der Waals surface area contributed by atoms with Crippen molar-refractivity contribution in [3.05, 3.63) is 35.4 Å². The van der Waals surface area contributed by atoms with Crippen LogP contribution in [-0.2, 0) is 21.2 Å². The van der Waals surface area contributed by atoms with Gasteiger partial charge in [-0.15, -0.1) is 0 Å². The number of nitrogens with zero attached hydrogens (tertiary/aromatic N) is 2. The molecular formula is C21H27F3N2O3S. The average molecular weight is 445 g/mol. The Morgan fingerprint density at radius 1 is 1.17 bits per heavy atom. The minimum atomic E-state index is -2.82. The van der Waals surface area contributed by atoms with Crippen molar-refractivity contribution in [2.24, 2.45) is 10.3 Å². The molecule has 0 N–H and O–H groups in total. The van der Waals surface area contributed by atoms with E-state index < -0.39 is 34.2 Å². The number of carbonyl (C=O) groups excluding carboxylic acids is 2. The zero-order valence-electron chi connectivity index (χ0n) is 17.0. The maximum absolute atomic E-state index is 13.3. The van der Waals surface area contributed by atoms with Gasteiger partial charge in [0.1, 0.15) is 6.67 Å². The van der Waals surface area contributed by atoms with Gasteiger partial charge in [-0.3, -0.25) is 9.59 Å². The molecule has 2 atom stereocenters. The summed E-state index contributed by atoms with van der Waals surface area (Å²) in [5.41, 5.74) is 0.972. The van der Waals surface area contributed by atoms with Crippen LogP contribution in [0.4, 0.5) is 13.2 Å². The van der Waals surface area contributed by atoms with Crippen molar-refractivity contribution in [2.75, 3.05) is 19.3 Å². The summed E-state index contributed by atoms with van der Waals surface area (Å²) in [5, 5.41) is -0.329. The van der Waals surface area contributed by atoms with Gasteiger partial charge in [0.25, 0.3) is 11.8 Å². The van der Waals surface area contributed by atoms with Crippen LogP contribution < -0.4 is 0 Å². The van der Waals surface area contributed by atoms with Crippen LogP contribution in [0, 0.1) is 5.92 Å². The molecule has 0 bridgehead atoms. The van der Waals surface area contributed by atoms with Crippen molar-refractivity contribution < 1.29 is 27.0 Å². The van der Waals surface area contributed by atoms with E-state index in [1.54, 1.807) is 29.2 Å². The third kappa shape index (κ3) is 5.62. The summed E-state index contributed by atoms with van der Waals surface area (Å²) in [6, 6.07) is 6.33. The standard InChI is InChI=1S/C21H27F3N2O3S/c1-30(29,25-19(27)12-16-6-9-21(23,24)13-16)18-7-10-26(11-8-18)20(28)17-4-2-15(14-22)3-5-17/h2-5,16,18H,6-14H2,1H3. The highest BCUT2D eigenvalue weighted by molar-refractivity contribution is 7.93. The molecule has 1 aromatic carbocycles. The maximum Gasteiger partial charge on any atom is 0.254 e. The summed E-state index contributed by atoms with van der Waals surface area (Å²) in [4.78, 5) is 26.4. The Labute approximate surface area is 175 Å². The fraction of sp³-hybridized carbons (Fsp3) is 0.619. The topological polar surface area (TPSA) is 66.8 Å². The first-order valence-corrected chi connectivity index (χ1v) is 12.1.